The molecule has 0 fully saturated rings. The number of hydrogen-bond donors (Lipinski definition) is 1. The Morgan fingerprint density at radius 1 is 0.537 bits per heavy atom. The summed E-state index contributed by atoms with van der Waals surface area (Å²) >= 11 is 0. The SMILES string of the molecule is CC(/N=C(\N=C(/N)c1cccc2oc3c(-c4ccc(-c5ccc6ccccc6c5)cc4)cccc3c12)c1ccccc1)c1ccc(-c2ccccc2)cc1. The molecule has 0 radical (unpaired) electrons. The predicted molar refractivity (Wildman–Crippen MR) is 226 cm³/mol. The van der Waals surface area contributed by atoms with Crippen LogP contribution in [0.3, 0.4) is 0 Å². The average Bonchev–Trinajstić information content (AvgIpc) is 3.63. The lowest BCUT2D eigenvalue weighted by Crippen LogP contribution is -2.17. The van der Waals surface area contributed by atoms with Crippen LogP contribution in [0.15, 0.2) is 202 Å². The third kappa shape index (κ3) is 6.35. The van der Waals surface area contributed by atoms with Gasteiger partial charge in [-0.25, -0.2) is 4.99 Å². The van der Waals surface area contributed by atoms with Gasteiger partial charge >= 0.3 is 0 Å². The molecule has 4 heteroatoms. The second-order valence-electron chi connectivity index (χ2n) is 13.6. The summed E-state index contributed by atoms with van der Waals surface area (Å²) in [4.78, 5) is 10.2. The molecule has 0 saturated heterocycles. The first kappa shape index (κ1) is 32.8. The number of fused-ring (bicyclic) bond motifs is 4. The molecule has 0 saturated carbocycles. The van der Waals surface area contributed by atoms with E-state index in [1.165, 1.54) is 33.0 Å². The third-order valence-corrected chi connectivity index (χ3v) is 10.2. The Balaban J connectivity index is 1.07. The summed E-state index contributed by atoms with van der Waals surface area (Å²) in [5, 5.41) is 4.39. The van der Waals surface area contributed by atoms with Gasteiger partial charge in [0.1, 0.15) is 17.0 Å². The summed E-state index contributed by atoms with van der Waals surface area (Å²) in [6.07, 6.45) is 0. The van der Waals surface area contributed by atoms with Crippen LogP contribution in [0.1, 0.15) is 29.7 Å². The maximum absolute atomic E-state index is 6.93. The van der Waals surface area contributed by atoms with E-state index < -0.39 is 0 Å². The Kier molecular flexibility index (Phi) is 8.62. The largest absolute Gasteiger partial charge is 0.455 e. The monoisotopic (exact) mass is 695 g/mol. The first-order valence-corrected chi connectivity index (χ1v) is 18.3. The molecular weight excluding hydrogens is 659 g/mol. The lowest BCUT2D eigenvalue weighted by atomic mass is 9.97. The lowest BCUT2D eigenvalue weighted by Gasteiger charge is -2.12. The van der Waals surface area contributed by atoms with Crippen LogP contribution in [0.2, 0.25) is 0 Å². The topological polar surface area (TPSA) is 63.9 Å². The zero-order chi connectivity index (χ0) is 36.4. The van der Waals surface area contributed by atoms with E-state index >= 15 is 0 Å². The van der Waals surface area contributed by atoms with Crippen molar-refractivity contribution in [2.75, 3.05) is 0 Å². The normalized spacial score (nSPS) is 12.8. The van der Waals surface area contributed by atoms with Gasteiger partial charge in [-0.05, 0) is 63.2 Å². The molecule has 9 aromatic rings. The van der Waals surface area contributed by atoms with Gasteiger partial charge in [-0.3, -0.25) is 4.99 Å². The average molecular weight is 696 g/mol. The molecule has 1 heterocycles. The molecule has 2 N–H and O–H groups in total. The Morgan fingerprint density at radius 3 is 1.93 bits per heavy atom. The van der Waals surface area contributed by atoms with Gasteiger partial charge in [0.05, 0.1) is 6.04 Å². The molecule has 0 aliphatic heterocycles. The number of nitrogens with two attached hydrogens (primary N) is 1. The number of aliphatic imine (C=N–C) groups is 2. The fourth-order valence-electron chi connectivity index (χ4n) is 7.27. The van der Waals surface area contributed by atoms with Crippen LogP contribution in [0.5, 0.6) is 0 Å². The maximum Gasteiger partial charge on any atom is 0.157 e. The lowest BCUT2D eigenvalue weighted by molar-refractivity contribution is 0.670. The van der Waals surface area contributed by atoms with Crippen molar-refractivity contribution in [1.29, 1.82) is 0 Å². The molecule has 0 aliphatic carbocycles. The molecule has 8 aromatic carbocycles. The first-order valence-electron chi connectivity index (χ1n) is 18.3. The summed E-state index contributed by atoms with van der Waals surface area (Å²) in [6.45, 7) is 2.09. The van der Waals surface area contributed by atoms with Gasteiger partial charge in [0.2, 0.25) is 0 Å². The number of para-hydroxylation sites is 1. The zero-order valence-corrected chi connectivity index (χ0v) is 29.9. The van der Waals surface area contributed by atoms with Gasteiger partial charge in [0.25, 0.3) is 0 Å². The number of benzene rings is 8. The molecule has 0 aliphatic rings. The highest BCUT2D eigenvalue weighted by Crippen LogP contribution is 2.38. The van der Waals surface area contributed by atoms with Crippen LogP contribution < -0.4 is 5.73 Å². The highest BCUT2D eigenvalue weighted by atomic mass is 16.3. The van der Waals surface area contributed by atoms with E-state index in [9.17, 15) is 0 Å². The minimum atomic E-state index is -0.151. The van der Waals surface area contributed by atoms with E-state index in [0.29, 0.717) is 11.7 Å². The van der Waals surface area contributed by atoms with Gasteiger partial charge in [0.15, 0.2) is 5.84 Å². The summed E-state index contributed by atoms with van der Waals surface area (Å²) in [5.74, 6) is 0.951. The van der Waals surface area contributed by atoms with Gasteiger partial charge in [0, 0.05) is 27.5 Å². The molecule has 0 bridgehead atoms. The molecule has 54 heavy (non-hydrogen) atoms. The van der Waals surface area contributed by atoms with Crippen molar-refractivity contribution in [3.63, 3.8) is 0 Å². The number of furan rings is 1. The predicted octanol–water partition coefficient (Wildman–Crippen LogP) is 12.7. The Hall–Kier alpha value is -7.04. The fourth-order valence-corrected chi connectivity index (χ4v) is 7.27. The summed E-state index contributed by atoms with van der Waals surface area (Å²) in [7, 11) is 0. The van der Waals surface area contributed by atoms with Crippen LogP contribution in [0.25, 0.3) is 66.1 Å². The number of hydrogen-bond acceptors (Lipinski definition) is 2. The van der Waals surface area contributed by atoms with Crippen LogP contribution in [-0.2, 0) is 0 Å². The van der Waals surface area contributed by atoms with Crippen molar-refractivity contribution in [3.05, 3.63) is 205 Å². The van der Waals surface area contributed by atoms with Crippen molar-refractivity contribution >= 4 is 44.4 Å². The van der Waals surface area contributed by atoms with Crippen LogP contribution in [0, 0.1) is 0 Å². The highest BCUT2D eigenvalue weighted by molar-refractivity contribution is 6.21. The Bertz CT molecular complexity index is 2820. The van der Waals surface area contributed by atoms with Crippen molar-refractivity contribution in [2.45, 2.75) is 13.0 Å². The molecule has 258 valence electrons. The highest BCUT2D eigenvalue weighted by Gasteiger charge is 2.18. The molecule has 4 nitrogen and oxygen atoms in total. The van der Waals surface area contributed by atoms with E-state index in [2.05, 4.69) is 140 Å². The van der Waals surface area contributed by atoms with E-state index in [4.69, 9.17) is 20.1 Å². The summed E-state index contributed by atoms with van der Waals surface area (Å²) in [6, 6.07) is 64.9. The van der Waals surface area contributed by atoms with E-state index in [0.717, 1.165) is 49.8 Å². The number of nitrogens with zero attached hydrogens (tertiary/aromatic N) is 2. The fraction of sp³-hybridized carbons (Fsp3) is 0.0400. The number of amidine groups is 2. The quantitative estimate of drug-likeness (QED) is 0.133. The molecule has 0 amide bonds. The smallest absolute Gasteiger partial charge is 0.157 e. The zero-order valence-electron chi connectivity index (χ0n) is 29.9. The molecule has 1 aromatic heterocycles. The Morgan fingerprint density at radius 2 is 1.15 bits per heavy atom. The molecule has 1 unspecified atom stereocenters. The molecule has 0 spiro atoms. The minimum absolute atomic E-state index is 0.151. The third-order valence-electron chi connectivity index (χ3n) is 10.2. The minimum Gasteiger partial charge on any atom is -0.455 e. The summed E-state index contributed by atoms with van der Waals surface area (Å²) < 4.78 is 6.60. The van der Waals surface area contributed by atoms with Crippen LogP contribution >= 0.6 is 0 Å². The van der Waals surface area contributed by atoms with Gasteiger partial charge < -0.3 is 10.2 Å². The first-order chi connectivity index (χ1) is 26.6. The van der Waals surface area contributed by atoms with Gasteiger partial charge in [-0.2, -0.15) is 0 Å². The van der Waals surface area contributed by atoms with Crippen molar-refractivity contribution < 1.29 is 4.42 Å². The van der Waals surface area contributed by atoms with Gasteiger partial charge in [-0.15, -0.1) is 0 Å². The maximum atomic E-state index is 6.93. The van der Waals surface area contributed by atoms with E-state index in [-0.39, 0.29) is 6.04 Å². The van der Waals surface area contributed by atoms with Crippen molar-refractivity contribution in [2.24, 2.45) is 15.7 Å². The second kappa shape index (κ2) is 14.2. The van der Waals surface area contributed by atoms with Crippen LogP contribution in [-0.4, -0.2) is 11.7 Å². The molecule has 9 rings (SSSR count). The molecular formula is C50H37N3O. The van der Waals surface area contributed by atoms with Crippen LogP contribution in [0.4, 0.5) is 0 Å². The number of rotatable bonds is 7. The Labute approximate surface area is 314 Å². The van der Waals surface area contributed by atoms with Gasteiger partial charge in [-0.1, -0.05) is 176 Å². The summed E-state index contributed by atoms with van der Waals surface area (Å²) in [5.41, 5.74) is 18.1. The standard InChI is InChI=1S/C50H37N3O/c1-33(34-22-24-37(25-23-34)35-12-4-2-5-13-35)52-50(40-15-6-3-7-16-40)53-49(51)45-20-11-21-46-47(45)44-19-10-18-43(48(44)54-46)39-29-26-38(27-30-39)42-31-28-36-14-8-9-17-41(36)32-42/h2-33H,1H3,(H2,51,52,53). The van der Waals surface area contributed by atoms with E-state index in [1.54, 1.807) is 0 Å². The van der Waals surface area contributed by atoms with E-state index in [1.807, 2.05) is 54.6 Å². The second-order valence-corrected chi connectivity index (χ2v) is 13.6. The molecule has 1 atom stereocenters. The van der Waals surface area contributed by atoms with Crippen molar-refractivity contribution in [3.8, 4) is 33.4 Å². The van der Waals surface area contributed by atoms with Crippen molar-refractivity contribution in [1.82, 2.24) is 0 Å².